The van der Waals surface area contributed by atoms with Crippen LogP contribution in [0.3, 0.4) is 0 Å². The molecule has 0 atom stereocenters. The number of nitrogens with zero attached hydrogens (tertiary/aromatic N) is 4. The van der Waals surface area contributed by atoms with Crippen molar-refractivity contribution in [3.05, 3.63) is 24.8 Å². The molecule has 0 spiro atoms. The molecule has 16 heavy (non-hydrogen) atoms. The van der Waals surface area contributed by atoms with Crippen molar-refractivity contribution in [1.82, 2.24) is 19.7 Å². The van der Waals surface area contributed by atoms with Gasteiger partial charge in [-0.15, -0.1) is 12.4 Å². The quantitative estimate of drug-likeness (QED) is 0.790. The van der Waals surface area contributed by atoms with E-state index in [4.69, 9.17) is 0 Å². The standard InChI is InChI=1S/C10H13N5.ClH/c1-5-14(6-2-11-1)9-10-13-4-8-15(10)7-3-12-9;/h3-4,7-8,11H,1-2,5-6H2;1H. The molecule has 86 valence electrons. The van der Waals surface area contributed by atoms with Crippen LogP contribution in [0.25, 0.3) is 5.65 Å². The highest BCUT2D eigenvalue weighted by molar-refractivity contribution is 5.85. The van der Waals surface area contributed by atoms with Crippen molar-refractivity contribution < 1.29 is 0 Å². The van der Waals surface area contributed by atoms with Gasteiger partial charge in [-0.25, -0.2) is 9.97 Å². The van der Waals surface area contributed by atoms with Crippen LogP contribution in [0.15, 0.2) is 24.8 Å². The Morgan fingerprint density at radius 3 is 2.50 bits per heavy atom. The minimum absolute atomic E-state index is 0. The molecule has 2 aromatic heterocycles. The second kappa shape index (κ2) is 4.67. The molecule has 1 fully saturated rings. The van der Waals surface area contributed by atoms with Crippen LogP contribution >= 0.6 is 12.4 Å². The summed E-state index contributed by atoms with van der Waals surface area (Å²) < 4.78 is 2.00. The third-order valence-corrected chi connectivity index (χ3v) is 2.71. The lowest BCUT2D eigenvalue weighted by Gasteiger charge is -2.28. The molecule has 0 bridgehead atoms. The van der Waals surface area contributed by atoms with Crippen LogP contribution in [-0.2, 0) is 0 Å². The SMILES string of the molecule is Cl.c1cn2ccnc2c(N2CCNCC2)n1. The first-order valence-electron chi connectivity index (χ1n) is 5.18. The van der Waals surface area contributed by atoms with Gasteiger partial charge in [0.05, 0.1) is 0 Å². The highest BCUT2D eigenvalue weighted by atomic mass is 35.5. The summed E-state index contributed by atoms with van der Waals surface area (Å²) in [5, 5.41) is 3.33. The van der Waals surface area contributed by atoms with Crippen molar-refractivity contribution in [2.24, 2.45) is 0 Å². The van der Waals surface area contributed by atoms with E-state index in [2.05, 4.69) is 20.2 Å². The van der Waals surface area contributed by atoms with E-state index >= 15 is 0 Å². The van der Waals surface area contributed by atoms with Gasteiger partial charge in [0.2, 0.25) is 0 Å². The topological polar surface area (TPSA) is 45.5 Å². The first kappa shape index (κ1) is 11.2. The molecule has 5 nitrogen and oxygen atoms in total. The van der Waals surface area contributed by atoms with E-state index in [0.29, 0.717) is 0 Å². The fourth-order valence-corrected chi connectivity index (χ4v) is 1.94. The minimum atomic E-state index is 0. The second-order valence-electron chi connectivity index (χ2n) is 3.65. The van der Waals surface area contributed by atoms with Crippen LogP contribution in [0.4, 0.5) is 5.82 Å². The number of anilines is 1. The van der Waals surface area contributed by atoms with Gasteiger partial charge in [-0.2, -0.15) is 0 Å². The molecule has 0 radical (unpaired) electrons. The smallest absolute Gasteiger partial charge is 0.180 e. The van der Waals surface area contributed by atoms with Gasteiger partial charge in [0.25, 0.3) is 0 Å². The van der Waals surface area contributed by atoms with Gasteiger partial charge in [-0.05, 0) is 0 Å². The van der Waals surface area contributed by atoms with E-state index in [1.165, 1.54) is 0 Å². The highest BCUT2D eigenvalue weighted by Gasteiger charge is 2.14. The zero-order valence-electron chi connectivity index (χ0n) is 8.83. The molecule has 3 rings (SSSR count). The molecule has 0 amide bonds. The van der Waals surface area contributed by atoms with E-state index in [9.17, 15) is 0 Å². The molecular weight excluding hydrogens is 226 g/mol. The average molecular weight is 240 g/mol. The Hall–Kier alpha value is -1.33. The third-order valence-electron chi connectivity index (χ3n) is 2.71. The number of piperazine rings is 1. The maximum atomic E-state index is 4.42. The Bertz CT molecular complexity index is 463. The first-order chi connectivity index (χ1) is 7.45. The minimum Gasteiger partial charge on any atom is -0.351 e. The van der Waals surface area contributed by atoms with Gasteiger partial charge in [-0.3, -0.25) is 0 Å². The Labute approximate surface area is 99.9 Å². The normalized spacial score (nSPS) is 16.1. The monoisotopic (exact) mass is 239 g/mol. The Kier molecular flexibility index (Phi) is 3.26. The van der Waals surface area contributed by atoms with E-state index in [0.717, 1.165) is 37.6 Å². The van der Waals surface area contributed by atoms with Crippen molar-refractivity contribution in [3.63, 3.8) is 0 Å². The molecule has 0 saturated carbocycles. The Balaban J connectivity index is 0.000000963. The van der Waals surface area contributed by atoms with Crippen LogP contribution < -0.4 is 10.2 Å². The van der Waals surface area contributed by atoms with Crippen molar-refractivity contribution in [2.75, 3.05) is 31.1 Å². The highest BCUT2D eigenvalue weighted by Crippen LogP contribution is 2.16. The van der Waals surface area contributed by atoms with Gasteiger partial charge in [-0.1, -0.05) is 0 Å². The lowest BCUT2D eigenvalue weighted by molar-refractivity contribution is 0.585. The van der Waals surface area contributed by atoms with Gasteiger partial charge in [0.15, 0.2) is 11.5 Å². The maximum absolute atomic E-state index is 4.42. The van der Waals surface area contributed by atoms with Crippen LogP contribution in [0.1, 0.15) is 0 Å². The Morgan fingerprint density at radius 1 is 1.06 bits per heavy atom. The van der Waals surface area contributed by atoms with Crippen LogP contribution in [0, 0.1) is 0 Å². The fraction of sp³-hybridized carbons (Fsp3) is 0.400. The average Bonchev–Trinajstić information content (AvgIpc) is 2.78. The molecule has 1 saturated heterocycles. The largest absolute Gasteiger partial charge is 0.351 e. The summed E-state index contributed by atoms with van der Waals surface area (Å²) in [6.45, 7) is 4.03. The van der Waals surface area contributed by atoms with E-state index in [1.54, 1.807) is 0 Å². The lowest BCUT2D eigenvalue weighted by atomic mass is 10.3. The van der Waals surface area contributed by atoms with Crippen LogP contribution in [-0.4, -0.2) is 40.5 Å². The summed E-state index contributed by atoms with van der Waals surface area (Å²) in [7, 11) is 0. The second-order valence-corrected chi connectivity index (χ2v) is 3.65. The van der Waals surface area contributed by atoms with E-state index in [-0.39, 0.29) is 12.4 Å². The molecule has 0 aliphatic carbocycles. The Morgan fingerprint density at radius 2 is 1.75 bits per heavy atom. The first-order valence-corrected chi connectivity index (χ1v) is 5.18. The number of hydrogen-bond donors (Lipinski definition) is 1. The predicted molar refractivity (Wildman–Crippen MR) is 65.3 cm³/mol. The summed E-state index contributed by atoms with van der Waals surface area (Å²) in [5.41, 5.74) is 0.944. The van der Waals surface area contributed by atoms with Gasteiger partial charge >= 0.3 is 0 Å². The maximum Gasteiger partial charge on any atom is 0.180 e. The number of hydrogen-bond acceptors (Lipinski definition) is 4. The molecule has 0 unspecified atom stereocenters. The molecule has 2 aromatic rings. The number of aromatic nitrogens is 3. The molecule has 3 heterocycles. The van der Waals surface area contributed by atoms with Gasteiger partial charge < -0.3 is 14.6 Å². The number of nitrogens with one attached hydrogen (secondary N) is 1. The third kappa shape index (κ3) is 1.83. The fourth-order valence-electron chi connectivity index (χ4n) is 1.94. The van der Waals surface area contributed by atoms with Crippen LogP contribution in [0.5, 0.6) is 0 Å². The van der Waals surface area contributed by atoms with Crippen molar-refractivity contribution in [1.29, 1.82) is 0 Å². The number of rotatable bonds is 1. The molecule has 1 N–H and O–H groups in total. The zero-order chi connectivity index (χ0) is 10.1. The summed E-state index contributed by atoms with van der Waals surface area (Å²) >= 11 is 0. The summed E-state index contributed by atoms with van der Waals surface area (Å²) in [6, 6.07) is 0. The molecule has 6 heteroatoms. The summed E-state index contributed by atoms with van der Waals surface area (Å²) in [5.74, 6) is 0.990. The van der Waals surface area contributed by atoms with Gasteiger partial charge in [0, 0.05) is 51.0 Å². The predicted octanol–water partition coefficient (Wildman–Crippen LogP) is 0.561. The van der Waals surface area contributed by atoms with E-state index in [1.807, 2.05) is 29.2 Å². The number of imidazole rings is 1. The van der Waals surface area contributed by atoms with Crippen LogP contribution in [0.2, 0.25) is 0 Å². The summed E-state index contributed by atoms with van der Waals surface area (Å²) in [4.78, 5) is 11.0. The van der Waals surface area contributed by atoms with Crippen molar-refractivity contribution in [3.8, 4) is 0 Å². The van der Waals surface area contributed by atoms with Crippen molar-refractivity contribution >= 4 is 23.9 Å². The summed E-state index contributed by atoms with van der Waals surface area (Å²) in [6.07, 6.45) is 7.51. The lowest BCUT2D eigenvalue weighted by Crippen LogP contribution is -2.44. The number of fused-ring (bicyclic) bond motifs is 1. The van der Waals surface area contributed by atoms with E-state index < -0.39 is 0 Å². The molecular formula is C10H14ClN5. The molecule has 1 aliphatic rings. The zero-order valence-corrected chi connectivity index (χ0v) is 9.65. The van der Waals surface area contributed by atoms with Gasteiger partial charge in [0.1, 0.15) is 0 Å². The van der Waals surface area contributed by atoms with Crippen molar-refractivity contribution in [2.45, 2.75) is 0 Å². The molecule has 1 aliphatic heterocycles. The molecule has 0 aromatic carbocycles. The number of halogens is 1.